The second kappa shape index (κ2) is 10.3. The van der Waals surface area contributed by atoms with Crippen molar-refractivity contribution in [2.45, 2.75) is 57.8 Å². The minimum absolute atomic E-state index is 0.656. The Hall–Kier alpha value is -2.08. The predicted molar refractivity (Wildman–Crippen MR) is 118 cm³/mol. The second-order valence-corrected chi connectivity index (χ2v) is 7.98. The van der Waals surface area contributed by atoms with Gasteiger partial charge in [-0.1, -0.05) is 98.8 Å². The summed E-state index contributed by atoms with van der Waals surface area (Å²) in [5.41, 5.74) is 3.01. The first-order valence-electron chi connectivity index (χ1n) is 10.7. The zero-order chi connectivity index (χ0) is 18.9. The van der Waals surface area contributed by atoms with Crippen molar-refractivity contribution in [2.24, 2.45) is 11.8 Å². The molecule has 0 nitrogen and oxygen atoms in total. The molecule has 3 unspecified atom stereocenters. The van der Waals surface area contributed by atoms with Gasteiger partial charge in [-0.2, -0.15) is 0 Å². The van der Waals surface area contributed by atoms with Crippen LogP contribution in [0.1, 0.15) is 68.9 Å². The van der Waals surface area contributed by atoms with Crippen LogP contribution < -0.4 is 0 Å². The first-order chi connectivity index (χ1) is 13.3. The average Bonchev–Trinajstić information content (AvgIpc) is 2.76. The van der Waals surface area contributed by atoms with Crippen molar-refractivity contribution < 1.29 is 0 Å². The maximum Gasteiger partial charge on any atom is -0.0162 e. The van der Waals surface area contributed by atoms with Crippen molar-refractivity contribution in [1.82, 2.24) is 0 Å². The molecule has 1 aliphatic carbocycles. The lowest BCUT2D eigenvalue weighted by Crippen LogP contribution is -2.20. The first kappa shape index (κ1) is 19.7. The Balaban J connectivity index is 1.80. The van der Waals surface area contributed by atoms with E-state index in [9.17, 15) is 0 Å². The second-order valence-electron chi connectivity index (χ2n) is 7.98. The van der Waals surface area contributed by atoms with Gasteiger partial charge in [-0.3, -0.25) is 0 Å². The van der Waals surface area contributed by atoms with E-state index in [2.05, 4.69) is 98.8 Å². The van der Waals surface area contributed by atoms with Crippen LogP contribution in [0, 0.1) is 11.8 Å². The zero-order valence-corrected chi connectivity index (χ0v) is 16.9. The van der Waals surface area contributed by atoms with E-state index in [0.717, 1.165) is 5.92 Å². The highest BCUT2D eigenvalue weighted by Crippen LogP contribution is 2.39. The maximum absolute atomic E-state index is 2.46. The molecule has 2 aromatic rings. The molecule has 0 saturated carbocycles. The molecule has 0 radical (unpaired) electrons. The Kier molecular flexibility index (Phi) is 7.51. The van der Waals surface area contributed by atoms with E-state index in [-0.39, 0.29) is 0 Å². The van der Waals surface area contributed by atoms with Gasteiger partial charge in [0.1, 0.15) is 0 Å². The molecule has 0 aliphatic heterocycles. The normalized spacial score (nSPS) is 19.6. The quantitative estimate of drug-likeness (QED) is 0.427. The molecule has 0 N–H and O–H groups in total. The molecular weight excluding hydrogens is 324 g/mol. The van der Waals surface area contributed by atoms with Gasteiger partial charge in [0.25, 0.3) is 0 Å². The predicted octanol–water partition coefficient (Wildman–Crippen LogP) is 7.90. The van der Waals surface area contributed by atoms with Crippen molar-refractivity contribution in [3.05, 3.63) is 96.1 Å². The molecule has 0 heteroatoms. The highest BCUT2D eigenvalue weighted by Gasteiger charge is 2.26. The van der Waals surface area contributed by atoms with E-state index in [0.29, 0.717) is 17.8 Å². The van der Waals surface area contributed by atoms with Crippen LogP contribution >= 0.6 is 0 Å². The standard InChI is InChI=1S/C27H34/c1-3-22(24-14-8-5-9-15-24)20-27(26-18-12-7-13-19-26)21-23(4-2)25-16-10-6-11-17-25/h5-18,22-23,26-27H,3-4,19-21H2,1-2H3. The highest BCUT2D eigenvalue weighted by molar-refractivity contribution is 5.22. The monoisotopic (exact) mass is 358 g/mol. The summed E-state index contributed by atoms with van der Waals surface area (Å²) in [5, 5.41) is 0. The SMILES string of the molecule is CCC(CC(CC(CC)c1ccccc1)C1C=CC=CC1)c1ccccc1. The van der Waals surface area contributed by atoms with Gasteiger partial charge in [-0.15, -0.1) is 0 Å². The molecule has 1 aliphatic rings. The van der Waals surface area contributed by atoms with Crippen LogP contribution in [0.3, 0.4) is 0 Å². The third kappa shape index (κ3) is 5.45. The summed E-state index contributed by atoms with van der Waals surface area (Å²) in [5.74, 6) is 2.71. The van der Waals surface area contributed by atoms with Crippen molar-refractivity contribution >= 4 is 0 Å². The van der Waals surface area contributed by atoms with E-state index in [4.69, 9.17) is 0 Å². The Morgan fingerprint density at radius 3 is 1.67 bits per heavy atom. The van der Waals surface area contributed by atoms with Gasteiger partial charge in [-0.25, -0.2) is 0 Å². The van der Waals surface area contributed by atoms with E-state index in [1.165, 1.54) is 43.2 Å². The molecule has 0 spiro atoms. The van der Waals surface area contributed by atoms with Gasteiger partial charge in [-0.05, 0) is 66.9 Å². The Labute approximate surface area is 166 Å². The van der Waals surface area contributed by atoms with Gasteiger partial charge in [0.15, 0.2) is 0 Å². The van der Waals surface area contributed by atoms with Crippen LogP contribution in [0.5, 0.6) is 0 Å². The summed E-state index contributed by atoms with van der Waals surface area (Å²) in [7, 11) is 0. The molecule has 0 saturated heterocycles. The summed E-state index contributed by atoms with van der Waals surface area (Å²) in [6.07, 6.45) is 15.5. The molecule has 0 fully saturated rings. The van der Waals surface area contributed by atoms with Crippen LogP contribution in [0.15, 0.2) is 85.0 Å². The number of benzene rings is 2. The summed E-state index contributed by atoms with van der Waals surface area (Å²) in [6.45, 7) is 4.69. The van der Waals surface area contributed by atoms with Gasteiger partial charge < -0.3 is 0 Å². The van der Waals surface area contributed by atoms with Crippen LogP contribution in [0.25, 0.3) is 0 Å². The van der Waals surface area contributed by atoms with Crippen molar-refractivity contribution in [1.29, 1.82) is 0 Å². The van der Waals surface area contributed by atoms with Crippen LogP contribution in [0.4, 0.5) is 0 Å². The third-order valence-corrected chi connectivity index (χ3v) is 6.32. The molecule has 0 heterocycles. The fraction of sp³-hybridized carbons (Fsp3) is 0.407. The van der Waals surface area contributed by atoms with Crippen LogP contribution in [-0.4, -0.2) is 0 Å². The molecule has 2 aromatic carbocycles. The summed E-state index contributed by atoms with van der Waals surface area (Å²) in [6, 6.07) is 22.3. The van der Waals surface area contributed by atoms with Crippen molar-refractivity contribution in [3.63, 3.8) is 0 Å². The molecule has 0 bridgehead atoms. The first-order valence-corrected chi connectivity index (χ1v) is 10.7. The minimum Gasteiger partial charge on any atom is -0.0840 e. The number of rotatable bonds is 9. The van der Waals surface area contributed by atoms with E-state index in [1.54, 1.807) is 0 Å². The Morgan fingerprint density at radius 2 is 1.26 bits per heavy atom. The van der Waals surface area contributed by atoms with Gasteiger partial charge in [0.2, 0.25) is 0 Å². The minimum atomic E-state index is 0.656. The molecule has 3 rings (SSSR count). The van der Waals surface area contributed by atoms with E-state index in [1.807, 2.05) is 0 Å². The summed E-state index contributed by atoms with van der Waals surface area (Å²) in [4.78, 5) is 0. The van der Waals surface area contributed by atoms with Crippen molar-refractivity contribution in [3.8, 4) is 0 Å². The lowest BCUT2D eigenvalue weighted by Gasteiger charge is -2.32. The van der Waals surface area contributed by atoms with Crippen LogP contribution in [0.2, 0.25) is 0 Å². The lowest BCUT2D eigenvalue weighted by molar-refractivity contribution is 0.293. The number of hydrogen-bond acceptors (Lipinski definition) is 0. The van der Waals surface area contributed by atoms with E-state index >= 15 is 0 Å². The Bertz CT molecular complexity index is 661. The molecule has 0 amide bonds. The fourth-order valence-corrected chi connectivity index (χ4v) is 4.65. The topological polar surface area (TPSA) is 0 Å². The summed E-state index contributed by atoms with van der Waals surface area (Å²) < 4.78 is 0. The number of allylic oxidation sites excluding steroid dienone is 4. The molecule has 0 aromatic heterocycles. The van der Waals surface area contributed by atoms with Crippen molar-refractivity contribution in [2.75, 3.05) is 0 Å². The van der Waals surface area contributed by atoms with Crippen LogP contribution in [-0.2, 0) is 0 Å². The summed E-state index contributed by atoms with van der Waals surface area (Å²) >= 11 is 0. The molecular formula is C27H34. The largest absolute Gasteiger partial charge is 0.0840 e. The van der Waals surface area contributed by atoms with Gasteiger partial charge >= 0.3 is 0 Å². The van der Waals surface area contributed by atoms with Gasteiger partial charge in [0, 0.05) is 0 Å². The third-order valence-electron chi connectivity index (χ3n) is 6.32. The average molecular weight is 359 g/mol. The zero-order valence-electron chi connectivity index (χ0n) is 16.9. The molecule has 3 atom stereocenters. The molecule has 142 valence electrons. The molecule has 27 heavy (non-hydrogen) atoms. The fourth-order valence-electron chi connectivity index (χ4n) is 4.65. The van der Waals surface area contributed by atoms with Gasteiger partial charge in [0.05, 0.1) is 0 Å². The lowest BCUT2D eigenvalue weighted by atomic mass is 9.73. The highest BCUT2D eigenvalue weighted by atomic mass is 14.3. The number of hydrogen-bond donors (Lipinski definition) is 0. The van der Waals surface area contributed by atoms with E-state index < -0.39 is 0 Å². The Morgan fingerprint density at radius 1 is 0.741 bits per heavy atom. The smallest absolute Gasteiger partial charge is 0.0162 e. The maximum atomic E-state index is 2.46.